The van der Waals surface area contributed by atoms with Gasteiger partial charge in [0.05, 0.1) is 6.61 Å². The Balaban J connectivity index is 2.22. The lowest BCUT2D eigenvalue weighted by molar-refractivity contribution is -0.143. The van der Waals surface area contributed by atoms with Gasteiger partial charge in [-0.1, -0.05) is 42.5 Å². The first-order valence-electron chi connectivity index (χ1n) is 5.80. The molecule has 1 heterocycles. The van der Waals surface area contributed by atoms with Crippen molar-refractivity contribution >= 4 is 0 Å². The first-order valence-corrected chi connectivity index (χ1v) is 5.80. The van der Waals surface area contributed by atoms with Gasteiger partial charge in [-0.25, -0.2) is 0 Å². The molecular weight excluding hydrogens is 216 g/mol. The Labute approximate surface area is 102 Å². The molecule has 0 unspecified atom stereocenters. The maximum absolute atomic E-state index is 8.83. The molecule has 1 saturated heterocycles. The molecule has 1 aliphatic heterocycles. The van der Waals surface area contributed by atoms with Gasteiger partial charge in [0.1, 0.15) is 12.2 Å². The number of benzene rings is 1. The molecule has 92 valence electrons. The van der Waals surface area contributed by atoms with Crippen molar-refractivity contribution in [3.8, 4) is 0 Å². The summed E-state index contributed by atoms with van der Waals surface area (Å²) in [5, 5.41) is 8.83. The van der Waals surface area contributed by atoms with Crippen LogP contribution in [0.3, 0.4) is 0 Å². The Morgan fingerprint density at radius 3 is 2.59 bits per heavy atom. The zero-order chi connectivity index (χ0) is 12.3. The Morgan fingerprint density at radius 1 is 1.24 bits per heavy atom. The molecular formula is C14H18O3. The van der Waals surface area contributed by atoms with Crippen LogP contribution in [0.4, 0.5) is 0 Å². The molecule has 0 aromatic heterocycles. The summed E-state index contributed by atoms with van der Waals surface area (Å²) in [6.45, 7) is 3.81. The summed E-state index contributed by atoms with van der Waals surface area (Å²) in [5.74, 6) is -0.592. The smallest absolute Gasteiger partial charge is 0.164 e. The molecule has 3 heteroatoms. The van der Waals surface area contributed by atoms with Gasteiger partial charge in [-0.05, 0) is 19.4 Å². The van der Waals surface area contributed by atoms with Crippen molar-refractivity contribution in [2.45, 2.75) is 31.8 Å². The van der Waals surface area contributed by atoms with Gasteiger partial charge in [-0.2, -0.15) is 0 Å². The van der Waals surface area contributed by atoms with E-state index in [0.29, 0.717) is 0 Å². The second-order valence-corrected chi connectivity index (χ2v) is 4.54. The minimum Gasteiger partial charge on any atom is -0.392 e. The molecule has 0 spiro atoms. The van der Waals surface area contributed by atoms with Crippen LogP contribution in [0.25, 0.3) is 0 Å². The number of aliphatic hydroxyl groups is 1. The Morgan fingerprint density at radius 2 is 1.94 bits per heavy atom. The van der Waals surface area contributed by atoms with Crippen LogP contribution in [0.2, 0.25) is 0 Å². The highest BCUT2D eigenvalue weighted by molar-refractivity contribution is 5.21. The highest BCUT2D eigenvalue weighted by Gasteiger charge is 2.40. The third kappa shape index (κ3) is 2.94. The van der Waals surface area contributed by atoms with E-state index in [1.165, 1.54) is 0 Å². The first kappa shape index (κ1) is 12.3. The Bertz CT molecular complexity index is 384. The summed E-state index contributed by atoms with van der Waals surface area (Å²) in [6, 6.07) is 9.99. The van der Waals surface area contributed by atoms with Crippen LogP contribution in [0.5, 0.6) is 0 Å². The van der Waals surface area contributed by atoms with Crippen LogP contribution in [0.15, 0.2) is 42.5 Å². The summed E-state index contributed by atoms with van der Waals surface area (Å²) in [7, 11) is 0. The van der Waals surface area contributed by atoms with Crippen LogP contribution in [0, 0.1) is 0 Å². The predicted molar refractivity (Wildman–Crippen MR) is 65.4 cm³/mol. The quantitative estimate of drug-likeness (QED) is 0.816. The second kappa shape index (κ2) is 5.00. The Kier molecular flexibility index (Phi) is 3.62. The van der Waals surface area contributed by atoms with Crippen molar-refractivity contribution in [3.05, 3.63) is 48.0 Å². The molecule has 1 aliphatic rings. The molecule has 1 aromatic carbocycles. The van der Waals surface area contributed by atoms with E-state index in [1.54, 1.807) is 6.08 Å². The number of hydrogen-bond acceptors (Lipinski definition) is 3. The average molecular weight is 234 g/mol. The van der Waals surface area contributed by atoms with Crippen LogP contribution in [-0.4, -0.2) is 23.6 Å². The minimum absolute atomic E-state index is 0.0157. The van der Waals surface area contributed by atoms with Crippen LogP contribution in [-0.2, 0) is 9.47 Å². The average Bonchev–Trinajstić information content (AvgIpc) is 2.63. The molecule has 0 bridgehead atoms. The van der Waals surface area contributed by atoms with E-state index < -0.39 is 5.79 Å². The number of rotatable bonds is 3. The van der Waals surface area contributed by atoms with Crippen molar-refractivity contribution in [3.63, 3.8) is 0 Å². The molecule has 3 nitrogen and oxygen atoms in total. The second-order valence-electron chi connectivity index (χ2n) is 4.54. The molecule has 2 atom stereocenters. The molecule has 2 rings (SSSR count). The maximum atomic E-state index is 8.83. The van der Waals surface area contributed by atoms with Gasteiger partial charge in [-0.15, -0.1) is 0 Å². The largest absolute Gasteiger partial charge is 0.392 e. The standard InChI is InChI=1S/C14H18O3/c1-14(2)16-12(9-6-10-15)13(17-14)11-7-4-3-5-8-11/h3-9,12-13,15H,10H2,1-2H3/b9-6+/t12-,13-/m1/s1. The predicted octanol–water partition coefficient (Wildman–Crippen LogP) is 2.43. The highest BCUT2D eigenvalue weighted by atomic mass is 16.7. The fraction of sp³-hybridized carbons (Fsp3) is 0.429. The number of aliphatic hydroxyl groups excluding tert-OH is 1. The minimum atomic E-state index is -0.592. The molecule has 0 saturated carbocycles. The molecule has 0 amide bonds. The Hall–Kier alpha value is -1.16. The molecule has 17 heavy (non-hydrogen) atoms. The van der Waals surface area contributed by atoms with Gasteiger partial charge in [0.15, 0.2) is 5.79 Å². The molecule has 1 N–H and O–H groups in total. The maximum Gasteiger partial charge on any atom is 0.164 e. The topological polar surface area (TPSA) is 38.7 Å². The van der Waals surface area contributed by atoms with E-state index in [-0.39, 0.29) is 18.8 Å². The van der Waals surface area contributed by atoms with Gasteiger partial charge in [0.2, 0.25) is 0 Å². The van der Waals surface area contributed by atoms with Crippen molar-refractivity contribution in [1.29, 1.82) is 0 Å². The summed E-state index contributed by atoms with van der Waals surface area (Å²) >= 11 is 0. The van der Waals surface area contributed by atoms with E-state index >= 15 is 0 Å². The van der Waals surface area contributed by atoms with Crippen LogP contribution in [0.1, 0.15) is 25.5 Å². The third-order valence-corrected chi connectivity index (χ3v) is 2.69. The van der Waals surface area contributed by atoms with E-state index in [1.807, 2.05) is 50.3 Å². The SMILES string of the molecule is CC1(C)O[C@H](c2ccccc2)[C@@H](/C=C/CO)O1. The lowest BCUT2D eigenvalue weighted by Gasteiger charge is -2.16. The third-order valence-electron chi connectivity index (χ3n) is 2.69. The van der Waals surface area contributed by atoms with Crippen molar-refractivity contribution in [2.24, 2.45) is 0 Å². The fourth-order valence-corrected chi connectivity index (χ4v) is 2.03. The summed E-state index contributed by atoms with van der Waals surface area (Å²) in [6.07, 6.45) is 3.27. The number of hydrogen-bond donors (Lipinski definition) is 1. The van der Waals surface area contributed by atoms with Crippen LogP contribution < -0.4 is 0 Å². The zero-order valence-electron chi connectivity index (χ0n) is 10.2. The summed E-state index contributed by atoms with van der Waals surface area (Å²) < 4.78 is 11.7. The van der Waals surface area contributed by atoms with Gasteiger partial charge in [0, 0.05) is 0 Å². The number of ether oxygens (including phenoxy) is 2. The van der Waals surface area contributed by atoms with Crippen molar-refractivity contribution in [1.82, 2.24) is 0 Å². The highest BCUT2D eigenvalue weighted by Crippen LogP contribution is 2.38. The van der Waals surface area contributed by atoms with E-state index in [0.717, 1.165) is 5.56 Å². The molecule has 0 aliphatic carbocycles. The lowest BCUT2D eigenvalue weighted by atomic mass is 10.0. The molecule has 0 radical (unpaired) electrons. The van der Waals surface area contributed by atoms with E-state index in [9.17, 15) is 0 Å². The fourth-order valence-electron chi connectivity index (χ4n) is 2.03. The monoisotopic (exact) mass is 234 g/mol. The first-order chi connectivity index (χ1) is 8.12. The van der Waals surface area contributed by atoms with Gasteiger partial charge in [0.25, 0.3) is 0 Å². The van der Waals surface area contributed by atoms with Gasteiger partial charge in [-0.3, -0.25) is 0 Å². The van der Waals surface area contributed by atoms with E-state index in [4.69, 9.17) is 14.6 Å². The lowest BCUT2D eigenvalue weighted by Crippen LogP contribution is -2.20. The summed E-state index contributed by atoms with van der Waals surface area (Å²) in [5.41, 5.74) is 1.09. The normalized spacial score (nSPS) is 27.7. The van der Waals surface area contributed by atoms with Crippen molar-refractivity contribution in [2.75, 3.05) is 6.61 Å². The molecule has 1 fully saturated rings. The van der Waals surface area contributed by atoms with E-state index in [2.05, 4.69) is 0 Å². The summed E-state index contributed by atoms with van der Waals surface area (Å²) in [4.78, 5) is 0. The van der Waals surface area contributed by atoms with Gasteiger partial charge < -0.3 is 14.6 Å². The molecule has 1 aromatic rings. The van der Waals surface area contributed by atoms with Crippen LogP contribution >= 0.6 is 0 Å². The van der Waals surface area contributed by atoms with Crippen molar-refractivity contribution < 1.29 is 14.6 Å². The zero-order valence-corrected chi connectivity index (χ0v) is 10.2. The van der Waals surface area contributed by atoms with Gasteiger partial charge >= 0.3 is 0 Å².